The van der Waals surface area contributed by atoms with Gasteiger partial charge < -0.3 is 15.8 Å². The Morgan fingerprint density at radius 2 is 2.41 bits per heavy atom. The van der Waals surface area contributed by atoms with Crippen LogP contribution in [0.25, 0.3) is 0 Å². The lowest BCUT2D eigenvalue weighted by molar-refractivity contribution is -0.131. The average Bonchev–Trinajstić information content (AvgIpc) is 2.95. The van der Waals surface area contributed by atoms with Gasteiger partial charge in [-0.3, -0.25) is 4.79 Å². The number of carbonyl (C=O) groups excluding carboxylic acids is 1. The van der Waals surface area contributed by atoms with E-state index in [0.717, 1.165) is 19.4 Å². The topological polar surface area (TPSA) is 64.4 Å². The molecule has 2 saturated heterocycles. The summed E-state index contributed by atoms with van der Waals surface area (Å²) in [6.07, 6.45) is 3.94. The van der Waals surface area contributed by atoms with Crippen molar-refractivity contribution in [2.24, 2.45) is 5.73 Å². The zero-order chi connectivity index (χ0) is 12.3. The van der Waals surface area contributed by atoms with E-state index in [4.69, 9.17) is 10.5 Å². The second-order valence-corrected chi connectivity index (χ2v) is 6.86. The molecule has 3 unspecified atom stereocenters. The molecule has 3 atom stereocenters. The highest BCUT2D eigenvalue weighted by molar-refractivity contribution is 8.00. The van der Waals surface area contributed by atoms with Crippen LogP contribution in [0, 0.1) is 0 Å². The molecule has 17 heavy (non-hydrogen) atoms. The first-order valence-corrected chi connectivity index (χ1v) is 7.39. The molecule has 0 aromatic rings. The van der Waals surface area contributed by atoms with Crippen LogP contribution in [0.5, 0.6) is 0 Å². The van der Waals surface area contributed by atoms with Crippen LogP contribution in [0.4, 0.5) is 0 Å². The van der Waals surface area contributed by atoms with Gasteiger partial charge in [0, 0.05) is 17.8 Å². The molecule has 0 aromatic carbocycles. The van der Waals surface area contributed by atoms with Gasteiger partial charge in [-0.2, -0.15) is 11.8 Å². The van der Waals surface area contributed by atoms with E-state index >= 15 is 0 Å². The lowest BCUT2D eigenvalue weighted by Crippen LogP contribution is -2.42. The van der Waals surface area contributed by atoms with E-state index in [9.17, 15) is 4.79 Å². The van der Waals surface area contributed by atoms with Gasteiger partial charge in [0.15, 0.2) is 0 Å². The summed E-state index contributed by atoms with van der Waals surface area (Å²) >= 11 is 1.96. The fourth-order valence-electron chi connectivity index (χ4n) is 2.44. The Kier molecular flexibility index (Phi) is 4.33. The second-order valence-electron chi connectivity index (χ2n) is 5.18. The van der Waals surface area contributed by atoms with Crippen LogP contribution in [0.1, 0.15) is 32.6 Å². The molecule has 2 fully saturated rings. The number of ether oxygens (including phenoxy) is 1. The van der Waals surface area contributed by atoms with Gasteiger partial charge in [-0.15, -0.1) is 0 Å². The lowest BCUT2D eigenvalue weighted by atomic mass is 10.1. The number of thioether (sulfide) groups is 1. The summed E-state index contributed by atoms with van der Waals surface area (Å²) in [4.78, 5) is 11.9. The maximum Gasteiger partial charge on any atom is 0.249 e. The van der Waals surface area contributed by atoms with Crippen molar-refractivity contribution in [2.75, 3.05) is 18.8 Å². The first-order chi connectivity index (χ1) is 8.13. The van der Waals surface area contributed by atoms with E-state index in [-0.39, 0.29) is 22.9 Å². The summed E-state index contributed by atoms with van der Waals surface area (Å²) in [7, 11) is 0. The van der Waals surface area contributed by atoms with Crippen LogP contribution in [0.2, 0.25) is 0 Å². The summed E-state index contributed by atoms with van der Waals surface area (Å²) in [5, 5.41) is 3.03. The number of hydrogen-bond donors (Lipinski definition) is 2. The quantitative estimate of drug-likeness (QED) is 0.786. The molecule has 0 aliphatic carbocycles. The number of nitrogens with one attached hydrogen (secondary N) is 1. The van der Waals surface area contributed by atoms with Crippen molar-refractivity contribution in [2.45, 2.75) is 49.6 Å². The summed E-state index contributed by atoms with van der Waals surface area (Å²) in [6, 6.07) is 0. The molecule has 0 bridgehead atoms. The zero-order valence-electron chi connectivity index (χ0n) is 10.4. The molecule has 0 saturated carbocycles. The highest BCUT2D eigenvalue weighted by Gasteiger charge is 2.33. The van der Waals surface area contributed by atoms with E-state index in [2.05, 4.69) is 12.2 Å². The van der Waals surface area contributed by atoms with Crippen molar-refractivity contribution in [3.63, 3.8) is 0 Å². The van der Waals surface area contributed by atoms with Crippen LogP contribution < -0.4 is 11.1 Å². The third kappa shape index (κ3) is 3.36. The number of rotatable bonds is 4. The predicted molar refractivity (Wildman–Crippen MR) is 70.1 cm³/mol. The number of amides is 1. The first kappa shape index (κ1) is 13.2. The molecule has 0 spiro atoms. The number of nitrogens with two attached hydrogens (primary N) is 1. The summed E-state index contributed by atoms with van der Waals surface area (Å²) in [5.41, 5.74) is 5.53. The Bertz CT molecular complexity index is 280. The van der Waals surface area contributed by atoms with Crippen LogP contribution in [0.15, 0.2) is 0 Å². The monoisotopic (exact) mass is 258 g/mol. The fraction of sp³-hybridized carbons (Fsp3) is 0.917. The Morgan fingerprint density at radius 1 is 1.59 bits per heavy atom. The van der Waals surface area contributed by atoms with E-state index in [1.54, 1.807) is 0 Å². The van der Waals surface area contributed by atoms with Gasteiger partial charge in [-0.05, 0) is 38.4 Å². The molecule has 2 heterocycles. The van der Waals surface area contributed by atoms with Crippen molar-refractivity contribution in [3.05, 3.63) is 0 Å². The van der Waals surface area contributed by atoms with Gasteiger partial charge in [-0.1, -0.05) is 0 Å². The smallest absolute Gasteiger partial charge is 0.249 e. The van der Waals surface area contributed by atoms with Crippen LogP contribution in [-0.2, 0) is 9.53 Å². The SMILES string of the molecule is CC1(CNC(=O)C2CCC(CN)O2)CCCS1. The molecular formula is C12H22N2O2S. The minimum absolute atomic E-state index is 0.0367. The van der Waals surface area contributed by atoms with E-state index in [1.165, 1.54) is 18.6 Å². The highest BCUT2D eigenvalue weighted by atomic mass is 32.2. The standard InChI is InChI=1S/C12H22N2O2S/c1-12(5-2-6-17-12)8-14-11(15)10-4-3-9(7-13)16-10/h9-10H,2-8,13H2,1H3,(H,14,15). The van der Waals surface area contributed by atoms with Crippen molar-refractivity contribution >= 4 is 17.7 Å². The molecule has 1 amide bonds. The predicted octanol–water partition coefficient (Wildman–Crippen LogP) is 0.895. The molecule has 4 nitrogen and oxygen atoms in total. The Labute approximate surface area is 107 Å². The molecule has 2 aliphatic heterocycles. The zero-order valence-corrected chi connectivity index (χ0v) is 11.2. The normalized spacial score (nSPS) is 37.3. The van der Waals surface area contributed by atoms with E-state index in [1.807, 2.05) is 11.8 Å². The van der Waals surface area contributed by atoms with Crippen LogP contribution >= 0.6 is 11.8 Å². The number of hydrogen-bond acceptors (Lipinski definition) is 4. The van der Waals surface area contributed by atoms with Gasteiger partial charge in [0.05, 0.1) is 6.10 Å². The van der Waals surface area contributed by atoms with Crippen molar-refractivity contribution in [1.29, 1.82) is 0 Å². The number of carbonyl (C=O) groups is 1. The van der Waals surface area contributed by atoms with Gasteiger partial charge in [0.2, 0.25) is 5.91 Å². The summed E-state index contributed by atoms with van der Waals surface area (Å²) in [6.45, 7) is 3.49. The van der Waals surface area contributed by atoms with Crippen molar-refractivity contribution in [1.82, 2.24) is 5.32 Å². The molecule has 2 rings (SSSR count). The van der Waals surface area contributed by atoms with E-state index in [0.29, 0.717) is 6.54 Å². The molecule has 2 aliphatic rings. The van der Waals surface area contributed by atoms with Crippen molar-refractivity contribution in [3.8, 4) is 0 Å². The first-order valence-electron chi connectivity index (χ1n) is 6.40. The Hall–Kier alpha value is -0.260. The molecule has 3 N–H and O–H groups in total. The molecular weight excluding hydrogens is 236 g/mol. The lowest BCUT2D eigenvalue weighted by Gasteiger charge is -2.23. The average molecular weight is 258 g/mol. The Balaban J connectivity index is 1.74. The maximum absolute atomic E-state index is 11.9. The van der Waals surface area contributed by atoms with Crippen molar-refractivity contribution < 1.29 is 9.53 Å². The minimum Gasteiger partial charge on any atom is -0.364 e. The largest absolute Gasteiger partial charge is 0.364 e. The summed E-state index contributed by atoms with van der Waals surface area (Å²) < 4.78 is 5.80. The van der Waals surface area contributed by atoms with Crippen LogP contribution in [-0.4, -0.2) is 41.7 Å². The molecule has 5 heteroatoms. The Morgan fingerprint density at radius 3 is 3.00 bits per heavy atom. The minimum atomic E-state index is -0.279. The third-order valence-corrected chi connectivity index (χ3v) is 5.14. The van der Waals surface area contributed by atoms with E-state index < -0.39 is 0 Å². The van der Waals surface area contributed by atoms with Gasteiger partial charge in [0.1, 0.15) is 6.10 Å². The highest BCUT2D eigenvalue weighted by Crippen LogP contribution is 2.37. The van der Waals surface area contributed by atoms with Gasteiger partial charge >= 0.3 is 0 Å². The molecule has 0 aromatic heterocycles. The fourth-order valence-corrected chi connectivity index (χ4v) is 3.68. The maximum atomic E-state index is 11.9. The third-order valence-electron chi connectivity index (χ3n) is 3.60. The van der Waals surface area contributed by atoms with Crippen LogP contribution in [0.3, 0.4) is 0 Å². The summed E-state index contributed by atoms with van der Waals surface area (Å²) in [5.74, 6) is 1.25. The second kappa shape index (κ2) is 5.59. The molecule has 98 valence electrons. The molecule has 0 radical (unpaired) electrons. The van der Waals surface area contributed by atoms with Gasteiger partial charge in [0.25, 0.3) is 0 Å². The van der Waals surface area contributed by atoms with Gasteiger partial charge in [-0.25, -0.2) is 0 Å².